The first-order valence-corrected chi connectivity index (χ1v) is 8.85. The molecule has 0 bridgehead atoms. The Hall–Kier alpha value is -2.14. The lowest BCUT2D eigenvalue weighted by Crippen LogP contribution is -2.06. The Balaban J connectivity index is 2.52. The van der Waals surface area contributed by atoms with E-state index in [1.807, 2.05) is 0 Å². The third kappa shape index (κ3) is 4.68. The summed E-state index contributed by atoms with van der Waals surface area (Å²) in [6, 6.07) is 9.31. The third-order valence-corrected chi connectivity index (χ3v) is 3.75. The van der Waals surface area contributed by atoms with Gasteiger partial charge in [0.25, 0.3) is 0 Å². The van der Waals surface area contributed by atoms with Crippen LogP contribution in [0, 0.1) is 0 Å². The Labute approximate surface area is 143 Å². The van der Waals surface area contributed by atoms with Gasteiger partial charge in [-0.2, -0.15) is 0 Å². The van der Waals surface area contributed by atoms with Crippen LogP contribution in [0.5, 0.6) is 11.5 Å². The van der Waals surface area contributed by atoms with Crippen LogP contribution >= 0.6 is 0 Å². The highest BCUT2D eigenvalue weighted by Gasteiger charge is 2.12. The van der Waals surface area contributed by atoms with Gasteiger partial charge < -0.3 is 29.0 Å². The second-order valence-corrected chi connectivity index (χ2v) is 6.08. The molecular formula is C14H14N2O6S2-2. The van der Waals surface area contributed by atoms with Crippen LogP contribution in [-0.2, 0) is 22.3 Å². The van der Waals surface area contributed by atoms with Gasteiger partial charge in [0.1, 0.15) is 17.4 Å². The van der Waals surface area contributed by atoms with Crippen molar-refractivity contribution in [3.05, 3.63) is 36.4 Å². The highest BCUT2D eigenvalue weighted by Crippen LogP contribution is 2.37. The fourth-order valence-corrected chi connectivity index (χ4v) is 2.62. The molecule has 130 valence electrons. The molecular weight excluding hydrogens is 356 g/mol. The van der Waals surface area contributed by atoms with Crippen molar-refractivity contribution in [1.82, 2.24) is 0 Å². The lowest BCUT2D eigenvalue weighted by Gasteiger charge is -2.17. The van der Waals surface area contributed by atoms with E-state index in [4.69, 9.17) is 15.2 Å². The van der Waals surface area contributed by atoms with Gasteiger partial charge >= 0.3 is 0 Å². The fraction of sp³-hybridized carbons (Fsp3) is 0.143. The number of nitrogen functional groups attached to an aromatic ring is 1. The maximum Gasteiger partial charge on any atom is 0.150 e. The van der Waals surface area contributed by atoms with Crippen LogP contribution in [-0.4, -0.2) is 30.6 Å². The van der Waals surface area contributed by atoms with Crippen molar-refractivity contribution in [3.8, 4) is 22.6 Å². The number of nitrogens with one attached hydrogen (secondary N) is 1. The van der Waals surface area contributed by atoms with Crippen molar-refractivity contribution >= 4 is 33.7 Å². The Kier molecular flexibility index (Phi) is 6.15. The molecule has 0 aliphatic heterocycles. The van der Waals surface area contributed by atoms with Gasteiger partial charge in [0.2, 0.25) is 0 Å². The molecule has 0 aliphatic carbocycles. The molecule has 2 aromatic carbocycles. The van der Waals surface area contributed by atoms with Crippen molar-refractivity contribution in [2.45, 2.75) is 0 Å². The first-order chi connectivity index (χ1) is 11.4. The molecule has 0 heterocycles. The van der Waals surface area contributed by atoms with Gasteiger partial charge in [-0.1, -0.05) is 0 Å². The van der Waals surface area contributed by atoms with E-state index in [9.17, 15) is 17.5 Å². The molecule has 0 aliphatic rings. The Morgan fingerprint density at radius 3 is 2.38 bits per heavy atom. The van der Waals surface area contributed by atoms with Crippen LogP contribution in [0.2, 0.25) is 0 Å². The molecule has 0 aromatic heterocycles. The minimum absolute atomic E-state index is 0.249. The zero-order valence-corrected chi connectivity index (χ0v) is 14.1. The number of rotatable bonds is 7. The molecule has 2 aromatic rings. The van der Waals surface area contributed by atoms with E-state index in [-0.39, 0.29) is 11.4 Å². The van der Waals surface area contributed by atoms with Crippen LogP contribution < -0.4 is 19.9 Å². The highest BCUT2D eigenvalue weighted by molar-refractivity contribution is 7.80. The lowest BCUT2D eigenvalue weighted by atomic mass is 10.0. The topological polar surface area (TPSA) is 137 Å². The zero-order chi connectivity index (χ0) is 17.7. The van der Waals surface area contributed by atoms with Crippen LogP contribution in [0.4, 0.5) is 11.4 Å². The van der Waals surface area contributed by atoms with E-state index in [1.165, 1.54) is 25.3 Å². The molecule has 0 amide bonds. The van der Waals surface area contributed by atoms with E-state index in [1.54, 1.807) is 18.2 Å². The van der Waals surface area contributed by atoms with Crippen molar-refractivity contribution in [2.75, 3.05) is 23.5 Å². The van der Waals surface area contributed by atoms with Crippen LogP contribution in [0.3, 0.4) is 0 Å². The smallest absolute Gasteiger partial charge is 0.150 e. The molecule has 0 saturated carbocycles. The predicted molar refractivity (Wildman–Crippen MR) is 89.8 cm³/mol. The second kappa shape index (κ2) is 8.11. The molecule has 2 atom stereocenters. The molecule has 0 fully saturated rings. The van der Waals surface area contributed by atoms with Crippen molar-refractivity contribution in [3.63, 3.8) is 0 Å². The monoisotopic (exact) mass is 370 g/mol. The number of benzene rings is 2. The minimum atomic E-state index is -2.54. The van der Waals surface area contributed by atoms with E-state index in [0.29, 0.717) is 22.6 Å². The molecule has 8 nitrogen and oxygen atoms in total. The molecule has 24 heavy (non-hydrogen) atoms. The first-order valence-electron chi connectivity index (χ1n) is 6.53. The molecule has 0 spiro atoms. The van der Waals surface area contributed by atoms with Gasteiger partial charge in [0.05, 0.1) is 12.8 Å². The average Bonchev–Trinajstić information content (AvgIpc) is 2.54. The van der Waals surface area contributed by atoms with E-state index in [2.05, 4.69) is 4.72 Å². The SMILES string of the molecule is COc1ccc(N)c(-c2cc(OCS(=O)[O-])ccc2NS(=O)[O-])c1. The number of methoxy groups -OCH3 is 1. The quantitative estimate of drug-likeness (QED) is 0.554. The molecule has 0 radical (unpaired) electrons. The number of hydrogen-bond donors (Lipinski definition) is 2. The van der Waals surface area contributed by atoms with Gasteiger partial charge in [0.15, 0.2) is 0 Å². The molecule has 2 rings (SSSR count). The summed E-state index contributed by atoms with van der Waals surface area (Å²) in [5.74, 6) is 0.256. The van der Waals surface area contributed by atoms with E-state index < -0.39 is 28.3 Å². The second-order valence-electron chi connectivity index (χ2n) is 4.56. The van der Waals surface area contributed by atoms with Crippen LogP contribution in [0.1, 0.15) is 0 Å². The highest BCUT2D eigenvalue weighted by atomic mass is 32.2. The average molecular weight is 370 g/mol. The minimum Gasteiger partial charge on any atom is -0.770 e. The Morgan fingerprint density at radius 2 is 1.75 bits per heavy atom. The van der Waals surface area contributed by atoms with E-state index in [0.717, 1.165) is 0 Å². The number of nitrogens with two attached hydrogens (primary N) is 1. The van der Waals surface area contributed by atoms with Crippen LogP contribution in [0.25, 0.3) is 11.1 Å². The van der Waals surface area contributed by atoms with Gasteiger partial charge in [-0.05, 0) is 47.5 Å². The van der Waals surface area contributed by atoms with Crippen LogP contribution in [0.15, 0.2) is 36.4 Å². The standard InChI is InChI=1S/C14H16N2O6S2/c1-21-9-2-4-13(15)11(6-9)12-7-10(22-8-23(17)18)3-5-14(12)16-24(19)20/h2-7,16H,8,15H2,1H3,(H,17,18)(H,19,20)/p-2. The summed E-state index contributed by atoms with van der Waals surface area (Å²) in [5.41, 5.74) is 7.55. The number of ether oxygens (including phenoxy) is 2. The number of hydrogen-bond acceptors (Lipinski definition) is 7. The predicted octanol–water partition coefficient (Wildman–Crippen LogP) is 1.37. The normalized spacial score (nSPS) is 13.1. The van der Waals surface area contributed by atoms with Crippen molar-refractivity contribution in [1.29, 1.82) is 0 Å². The largest absolute Gasteiger partial charge is 0.770 e. The van der Waals surface area contributed by atoms with Gasteiger partial charge in [-0.3, -0.25) is 8.42 Å². The summed E-state index contributed by atoms with van der Waals surface area (Å²) in [5, 5.41) is 0. The van der Waals surface area contributed by atoms with Gasteiger partial charge in [-0.15, -0.1) is 0 Å². The number of anilines is 2. The maximum atomic E-state index is 11.0. The Morgan fingerprint density at radius 1 is 1.08 bits per heavy atom. The van der Waals surface area contributed by atoms with E-state index >= 15 is 0 Å². The van der Waals surface area contributed by atoms with Crippen molar-refractivity contribution < 1.29 is 27.0 Å². The van der Waals surface area contributed by atoms with Crippen molar-refractivity contribution in [2.24, 2.45) is 0 Å². The Bertz CT molecular complexity index is 784. The van der Waals surface area contributed by atoms with Gasteiger partial charge in [0, 0.05) is 28.1 Å². The maximum absolute atomic E-state index is 11.0. The third-order valence-electron chi connectivity index (χ3n) is 3.06. The zero-order valence-electron chi connectivity index (χ0n) is 12.5. The first kappa shape index (κ1) is 18.2. The summed E-state index contributed by atoms with van der Waals surface area (Å²) >= 11 is -4.92. The van der Waals surface area contributed by atoms with Gasteiger partial charge in [-0.25, -0.2) is 0 Å². The summed E-state index contributed by atoms with van der Waals surface area (Å²) in [4.78, 5) is 0. The summed E-state index contributed by atoms with van der Waals surface area (Å²) in [6.45, 7) is 0. The molecule has 10 heteroatoms. The summed E-state index contributed by atoms with van der Waals surface area (Å²) in [7, 11) is 1.49. The fourth-order valence-electron chi connectivity index (χ4n) is 2.03. The summed E-state index contributed by atoms with van der Waals surface area (Å²) < 4.78 is 55.7. The summed E-state index contributed by atoms with van der Waals surface area (Å²) in [6.07, 6.45) is 0. The molecule has 3 N–H and O–H groups in total. The molecule has 2 unspecified atom stereocenters. The lowest BCUT2D eigenvalue weighted by molar-refractivity contribution is 0.369. The molecule has 0 saturated heterocycles.